The molecule has 2 amide bonds. The van der Waals surface area contributed by atoms with E-state index in [1.54, 1.807) is 6.92 Å². The van der Waals surface area contributed by atoms with Gasteiger partial charge < -0.3 is 15.0 Å². The van der Waals surface area contributed by atoms with Gasteiger partial charge in [0.2, 0.25) is 0 Å². The standard InChI is InChI=1S/C14H18N2O3/c1-4-19-13(17)8-16-10(3)11-7-9(2)5-6-12(11)15-14(16)18/h5-7,10H,4,8H2,1-3H3,(H,15,18). The van der Waals surface area contributed by atoms with Crippen molar-refractivity contribution >= 4 is 17.7 Å². The number of anilines is 1. The summed E-state index contributed by atoms with van der Waals surface area (Å²) >= 11 is 0. The quantitative estimate of drug-likeness (QED) is 0.851. The van der Waals surface area contributed by atoms with Crippen LogP contribution in [0.25, 0.3) is 0 Å². The number of aryl methyl sites for hydroxylation is 1. The molecule has 19 heavy (non-hydrogen) atoms. The van der Waals surface area contributed by atoms with Crippen molar-refractivity contribution in [2.24, 2.45) is 0 Å². The third-order valence-electron chi connectivity index (χ3n) is 3.23. The number of benzene rings is 1. The molecule has 0 spiro atoms. The van der Waals surface area contributed by atoms with E-state index in [9.17, 15) is 9.59 Å². The van der Waals surface area contributed by atoms with Gasteiger partial charge in [-0.1, -0.05) is 17.7 Å². The number of ether oxygens (including phenoxy) is 1. The van der Waals surface area contributed by atoms with Crippen LogP contribution < -0.4 is 5.32 Å². The minimum Gasteiger partial charge on any atom is -0.465 e. The van der Waals surface area contributed by atoms with Crippen LogP contribution in [0.2, 0.25) is 0 Å². The Hall–Kier alpha value is -2.04. The third kappa shape index (κ3) is 2.70. The molecule has 1 atom stereocenters. The lowest BCUT2D eigenvalue weighted by Gasteiger charge is -2.34. The first-order valence-electron chi connectivity index (χ1n) is 6.36. The molecule has 2 rings (SSSR count). The van der Waals surface area contributed by atoms with E-state index in [2.05, 4.69) is 5.32 Å². The Bertz CT molecular complexity index is 513. The number of hydrogen-bond acceptors (Lipinski definition) is 3. The maximum atomic E-state index is 12.0. The zero-order chi connectivity index (χ0) is 14.0. The molecular formula is C14H18N2O3. The van der Waals surface area contributed by atoms with Crippen LogP contribution in [-0.4, -0.2) is 30.1 Å². The van der Waals surface area contributed by atoms with E-state index in [0.717, 1.165) is 16.8 Å². The van der Waals surface area contributed by atoms with Gasteiger partial charge in [-0.25, -0.2) is 4.79 Å². The Labute approximate surface area is 112 Å². The number of carbonyl (C=O) groups excluding carboxylic acids is 2. The van der Waals surface area contributed by atoms with Gasteiger partial charge in [0.25, 0.3) is 0 Å². The molecule has 0 bridgehead atoms. The highest BCUT2D eigenvalue weighted by atomic mass is 16.5. The van der Waals surface area contributed by atoms with Gasteiger partial charge in [-0.05, 0) is 32.4 Å². The average molecular weight is 262 g/mol. The maximum Gasteiger partial charge on any atom is 0.325 e. The molecule has 0 saturated carbocycles. The van der Waals surface area contributed by atoms with Crippen LogP contribution in [0.4, 0.5) is 10.5 Å². The summed E-state index contributed by atoms with van der Waals surface area (Å²) in [6, 6.07) is 5.45. The second-order valence-corrected chi connectivity index (χ2v) is 4.63. The minimum absolute atomic E-state index is 0.0335. The van der Waals surface area contributed by atoms with Crippen LogP contribution in [0.3, 0.4) is 0 Å². The highest BCUT2D eigenvalue weighted by molar-refractivity contribution is 5.95. The first-order chi connectivity index (χ1) is 9.02. The van der Waals surface area contributed by atoms with Crippen LogP contribution in [0, 0.1) is 6.92 Å². The molecule has 5 nitrogen and oxygen atoms in total. The molecule has 1 aromatic carbocycles. The van der Waals surface area contributed by atoms with E-state index in [-0.39, 0.29) is 24.6 Å². The van der Waals surface area contributed by atoms with Crippen LogP contribution in [-0.2, 0) is 9.53 Å². The molecule has 1 N–H and O–H groups in total. The van der Waals surface area contributed by atoms with Gasteiger partial charge in [-0.2, -0.15) is 0 Å². The first kappa shape index (κ1) is 13.4. The Morgan fingerprint density at radius 3 is 2.89 bits per heavy atom. The van der Waals surface area contributed by atoms with Crippen LogP contribution in [0.1, 0.15) is 31.0 Å². The summed E-state index contributed by atoms with van der Waals surface area (Å²) in [5, 5.41) is 2.79. The lowest BCUT2D eigenvalue weighted by Crippen LogP contribution is -2.44. The summed E-state index contributed by atoms with van der Waals surface area (Å²) in [7, 11) is 0. The summed E-state index contributed by atoms with van der Waals surface area (Å²) in [6.07, 6.45) is 0. The minimum atomic E-state index is -0.388. The number of fused-ring (bicyclic) bond motifs is 1. The lowest BCUT2D eigenvalue weighted by atomic mass is 10.00. The second-order valence-electron chi connectivity index (χ2n) is 4.63. The molecule has 1 aliphatic rings. The van der Waals surface area contributed by atoms with Gasteiger partial charge in [-0.3, -0.25) is 4.79 Å². The van der Waals surface area contributed by atoms with Crippen molar-refractivity contribution in [3.8, 4) is 0 Å². The number of amides is 2. The highest BCUT2D eigenvalue weighted by Crippen LogP contribution is 2.32. The number of nitrogens with one attached hydrogen (secondary N) is 1. The predicted octanol–water partition coefficient (Wildman–Crippen LogP) is 2.47. The zero-order valence-electron chi connectivity index (χ0n) is 11.4. The van der Waals surface area contributed by atoms with Gasteiger partial charge in [0, 0.05) is 5.69 Å². The molecule has 0 aromatic heterocycles. The first-order valence-corrected chi connectivity index (χ1v) is 6.36. The second kappa shape index (κ2) is 5.30. The van der Waals surface area contributed by atoms with E-state index in [1.807, 2.05) is 32.0 Å². The van der Waals surface area contributed by atoms with Gasteiger partial charge in [-0.15, -0.1) is 0 Å². The normalized spacial score (nSPS) is 17.7. The summed E-state index contributed by atoms with van der Waals surface area (Å²) in [6.45, 7) is 5.94. The fraction of sp³-hybridized carbons (Fsp3) is 0.429. The van der Waals surface area contributed by atoms with Crippen molar-refractivity contribution in [2.45, 2.75) is 26.8 Å². The Balaban J connectivity index is 2.23. The van der Waals surface area contributed by atoms with Crippen molar-refractivity contribution in [2.75, 3.05) is 18.5 Å². The number of nitrogens with zero attached hydrogens (tertiary/aromatic N) is 1. The Kier molecular flexibility index (Phi) is 3.74. The number of rotatable bonds is 3. The fourth-order valence-electron chi connectivity index (χ4n) is 2.23. The van der Waals surface area contributed by atoms with Gasteiger partial charge in [0.15, 0.2) is 0 Å². The number of hydrogen-bond donors (Lipinski definition) is 1. The SMILES string of the molecule is CCOC(=O)CN1C(=O)Nc2ccc(C)cc2C1C. The van der Waals surface area contributed by atoms with Crippen molar-refractivity contribution < 1.29 is 14.3 Å². The summed E-state index contributed by atoms with van der Waals surface area (Å²) < 4.78 is 4.89. The number of urea groups is 1. The largest absolute Gasteiger partial charge is 0.465 e. The van der Waals surface area contributed by atoms with Gasteiger partial charge >= 0.3 is 12.0 Å². The van der Waals surface area contributed by atoms with Crippen molar-refractivity contribution in [1.82, 2.24) is 4.90 Å². The van der Waals surface area contributed by atoms with Crippen LogP contribution >= 0.6 is 0 Å². The van der Waals surface area contributed by atoms with E-state index in [0.29, 0.717) is 6.61 Å². The molecule has 102 valence electrons. The average Bonchev–Trinajstić information content (AvgIpc) is 2.36. The van der Waals surface area contributed by atoms with E-state index >= 15 is 0 Å². The summed E-state index contributed by atoms with van der Waals surface area (Å²) in [5.74, 6) is -0.388. The van der Waals surface area contributed by atoms with Gasteiger partial charge in [0.1, 0.15) is 6.54 Å². The monoisotopic (exact) mass is 262 g/mol. The lowest BCUT2D eigenvalue weighted by molar-refractivity contribution is -0.144. The molecule has 0 saturated heterocycles. The highest BCUT2D eigenvalue weighted by Gasteiger charge is 2.30. The fourth-order valence-corrected chi connectivity index (χ4v) is 2.23. The maximum absolute atomic E-state index is 12.0. The van der Waals surface area contributed by atoms with E-state index in [1.165, 1.54) is 4.90 Å². The summed E-state index contributed by atoms with van der Waals surface area (Å²) in [4.78, 5) is 25.0. The number of esters is 1. The topological polar surface area (TPSA) is 58.6 Å². The summed E-state index contributed by atoms with van der Waals surface area (Å²) in [5.41, 5.74) is 2.95. The molecule has 1 unspecified atom stereocenters. The van der Waals surface area contributed by atoms with Crippen molar-refractivity contribution in [3.05, 3.63) is 29.3 Å². The predicted molar refractivity (Wildman–Crippen MR) is 72.0 cm³/mol. The van der Waals surface area contributed by atoms with Gasteiger partial charge in [0.05, 0.1) is 12.6 Å². The Morgan fingerprint density at radius 2 is 2.21 bits per heavy atom. The Morgan fingerprint density at radius 1 is 1.47 bits per heavy atom. The number of carbonyl (C=O) groups is 2. The third-order valence-corrected chi connectivity index (χ3v) is 3.23. The molecule has 5 heteroatoms. The smallest absolute Gasteiger partial charge is 0.325 e. The molecule has 0 aliphatic carbocycles. The molecule has 1 aromatic rings. The molecule has 1 aliphatic heterocycles. The van der Waals surface area contributed by atoms with Crippen LogP contribution in [0.5, 0.6) is 0 Å². The van der Waals surface area contributed by atoms with E-state index in [4.69, 9.17) is 4.74 Å². The van der Waals surface area contributed by atoms with Crippen molar-refractivity contribution in [1.29, 1.82) is 0 Å². The van der Waals surface area contributed by atoms with E-state index < -0.39 is 0 Å². The molecule has 0 fully saturated rings. The molecule has 0 radical (unpaired) electrons. The van der Waals surface area contributed by atoms with Crippen molar-refractivity contribution in [3.63, 3.8) is 0 Å². The van der Waals surface area contributed by atoms with Crippen LogP contribution in [0.15, 0.2) is 18.2 Å². The molecular weight excluding hydrogens is 244 g/mol. The molecule has 1 heterocycles. The zero-order valence-corrected chi connectivity index (χ0v) is 11.4.